The smallest absolute Gasteiger partial charge is 0.254 e. The van der Waals surface area contributed by atoms with Gasteiger partial charge in [-0.25, -0.2) is 0 Å². The summed E-state index contributed by atoms with van der Waals surface area (Å²) in [6, 6.07) is 12.9. The molecule has 0 aliphatic carbocycles. The van der Waals surface area contributed by atoms with E-state index in [2.05, 4.69) is 19.2 Å². The van der Waals surface area contributed by atoms with Crippen molar-refractivity contribution in [2.24, 2.45) is 5.92 Å². The molecule has 0 aromatic heterocycles. The van der Waals surface area contributed by atoms with Crippen molar-refractivity contribution in [3.8, 4) is 11.5 Å². The third kappa shape index (κ3) is 7.79. The maximum atomic E-state index is 13.3. The molecule has 31 heavy (non-hydrogen) atoms. The van der Waals surface area contributed by atoms with Crippen molar-refractivity contribution in [1.82, 2.24) is 10.2 Å². The Balaban J connectivity index is 2.25. The van der Waals surface area contributed by atoms with Gasteiger partial charge in [-0.3, -0.25) is 9.59 Å². The van der Waals surface area contributed by atoms with E-state index in [1.165, 1.54) is 14.0 Å². The van der Waals surface area contributed by atoms with E-state index in [0.29, 0.717) is 54.2 Å². The first kappa shape index (κ1) is 24.5. The largest absolute Gasteiger partial charge is 0.493 e. The summed E-state index contributed by atoms with van der Waals surface area (Å²) in [7, 11) is 1.52. The quantitative estimate of drug-likeness (QED) is 0.549. The Bertz CT molecular complexity index is 871. The Hall–Kier alpha value is -2.73. The molecule has 0 bridgehead atoms. The Kier molecular flexibility index (Phi) is 9.66. The highest BCUT2D eigenvalue weighted by atomic mass is 35.5. The third-order valence-corrected chi connectivity index (χ3v) is 4.96. The van der Waals surface area contributed by atoms with Crippen molar-refractivity contribution in [2.45, 2.75) is 33.7 Å². The van der Waals surface area contributed by atoms with Crippen LogP contribution in [0.15, 0.2) is 42.5 Å². The Morgan fingerprint density at radius 2 is 1.87 bits per heavy atom. The van der Waals surface area contributed by atoms with Gasteiger partial charge in [-0.1, -0.05) is 55.8 Å². The van der Waals surface area contributed by atoms with Crippen molar-refractivity contribution in [3.05, 3.63) is 58.6 Å². The van der Waals surface area contributed by atoms with Gasteiger partial charge in [-0.15, -0.1) is 0 Å². The first-order valence-electron chi connectivity index (χ1n) is 10.4. The lowest BCUT2D eigenvalue weighted by Crippen LogP contribution is -2.37. The van der Waals surface area contributed by atoms with Crippen LogP contribution in [-0.4, -0.2) is 43.5 Å². The van der Waals surface area contributed by atoms with E-state index in [1.807, 2.05) is 30.3 Å². The van der Waals surface area contributed by atoms with E-state index in [1.54, 1.807) is 17.0 Å². The summed E-state index contributed by atoms with van der Waals surface area (Å²) in [4.78, 5) is 26.2. The molecular formula is C24H31ClN2O4. The molecule has 2 aromatic carbocycles. The van der Waals surface area contributed by atoms with Crippen LogP contribution in [0.4, 0.5) is 0 Å². The molecule has 0 atom stereocenters. The summed E-state index contributed by atoms with van der Waals surface area (Å²) in [5.41, 5.74) is 1.39. The Labute approximate surface area is 189 Å². The third-order valence-electron chi connectivity index (χ3n) is 4.68. The maximum absolute atomic E-state index is 13.3. The molecule has 1 N–H and O–H groups in total. The molecule has 0 saturated carbocycles. The van der Waals surface area contributed by atoms with Gasteiger partial charge in [-0.05, 0) is 30.0 Å². The number of methoxy groups -OCH3 is 1. The molecular weight excluding hydrogens is 416 g/mol. The minimum Gasteiger partial charge on any atom is -0.493 e. The zero-order valence-corrected chi connectivity index (χ0v) is 19.4. The predicted molar refractivity (Wildman–Crippen MR) is 123 cm³/mol. The van der Waals surface area contributed by atoms with Gasteiger partial charge in [0.1, 0.15) is 0 Å². The summed E-state index contributed by atoms with van der Waals surface area (Å²) < 4.78 is 11.3. The molecule has 0 saturated heterocycles. The SMILES string of the molecule is COc1cc(C(=O)N(CCNC(C)=O)Cc2ccccc2)cc(Cl)c1OCCC(C)C. The Morgan fingerprint density at radius 1 is 1.16 bits per heavy atom. The van der Waals surface area contributed by atoms with Crippen LogP contribution in [0, 0.1) is 5.92 Å². The highest BCUT2D eigenvalue weighted by Crippen LogP contribution is 2.37. The number of hydrogen-bond acceptors (Lipinski definition) is 4. The minimum atomic E-state index is -0.205. The second kappa shape index (κ2) is 12.2. The van der Waals surface area contributed by atoms with E-state index < -0.39 is 0 Å². The van der Waals surface area contributed by atoms with Crippen LogP contribution in [0.25, 0.3) is 0 Å². The van der Waals surface area contributed by atoms with E-state index >= 15 is 0 Å². The second-order valence-corrected chi connectivity index (χ2v) is 8.12. The number of nitrogens with zero attached hydrogens (tertiary/aromatic N) is 1. The minimum absolute atomic E-state index is 0.139. The van der Waals surface area contributed by atoms with Gasteiger partial charge in [0, 0.05) is 32.1 Å². The monoisotopic (exact) mass is 446 g/mol. The average molecular weight is 447 g/mol. The van der Waals surface area contributed by atoms with Crippen LogP contribution < -0.4 is 14.8 Å². The van der Waals surface area contributed by atoms with Crippen LogP contribution in [-0.2, 0) is 11.3 Å². The highest BCUT2D eigenvalue weighted by molar-refractivity contribution is 6.32. The van der Waals surface area contributed by atoms with Gasteiger partial charge in [-0.2, -0.15) is 0 Å². The lowest BCUT2D eigenvalue weighted by atomic mass is 10.1. The van der Waals surface area contributed by atoms with Gasteiger partial charge in [0.15, 0.2) is 11.5 Å². The fourth-order valence-corrected chi connectivity index (χ4v) is 3.25. The number of halogens is 1. The van der Waals surface area contributed by atoms with E-state index in [4.69, 9.17) is 21.1 Å². The fourth-order valence-electron chi connectivity index (χ4n) is 2.99. The van der Waals surface area contributed by atoms with Crippen LogP contribution in [0.3, 0.4) is 0 Å². The first-order valence-corrected chi connectivity index (χ1v) is 10.8. The molecule has 2 aromatic rings. The Morgan fingerprint density at radius 3 is 2.48 bits per heavy atom. The first-order chi connectivity index (χ1) is 14.8. The molecule has 0 radical (unpaired) electrons. The van der Waals surface area contributed by atoms with Crippen molar-refractivity contribution >= 4 is 23.4 Å². The molecule has 2 amide bonds. The van der Waals surface area contributed by atoms with Gasteiger partial charge < -0.3 is 19.7 Å². The summed E-state index contributed by atoms with van der Waals surface area (Å²) in [6.45, 7) is 7.32. The number of nitrogens with one attached hydrogen (secondary N) is 1. The molecule has 0 spiro atoms. The summed E-state index contributed by atoms with van der Waals surface area (Å²) in [6.07, 6.45) is 0.883. The van der Waals surface area contributed by atoms with E-state index in [-0.39, 0.29) is 11.8 Å². The van der Waals surface area contributed by atoms with Gasteiger partial charge in [0.05, 0.1) is 18.7 Å². The number of hydrogen-bond donors (Lipinski definition) is 1. The normalized spacial score (nSPS) is 10.6. The zero-order valence-electron chi connectivity index (χ0n) is 18.6. The van der Waals surface area contributed by atoms with Crippen molar-refractivity contribution in [2.75, 3.05) is 26.8 Å². The number of ether oxygens (including phenoxy) is 2. The molecule has 0 unspecified atom stereocenters. The number of benzene rings is 2. The van der Waals surface area contributed by atoms with Crippen LogP contribution in [0.1, 0.15) is 43.1 Å². The van der Waals surface area contributed by atoms with E-state index in [0.717, 1.165) is 12.0 Å². The number of carbonyl (C=O) groups is 2. The van der Waals surface area contributed by atoms with E-state index in [9.17, 15) is 9.59 Å². The van der Waals surface area contributed by atoms with Crippen molar-refractivity contribution < 1.29 is 19.1 Å². The van der Waals surface area contributed by atoms with Crippen molar-refractivity contribution in [1.29, 1.82) is 0 Å². The number of rotatable bonds is 11. The van der Waals surface area contributed by atoms with Crippen LogP contribution in [0.2, 0.25) is 5.02 Å². The maximum Gasteiger partial charge on any atom is 0.254 e. The number of amides is 2. The lowest BCUT2D eigenvalue weighted by molar-refractivity contribution is -0.119. The standard InChI is InChI=1S/C24H31ClN2O4/c1-17(2)10-13-31-23-21(25)14-20(15-22(23)30-4)24(29)27(12-11-26-18(3)28)16-19-8-6-5-7-9-19/h5-9,14-15,17H,10-13,16H2,1-4H3,(H,26,28). The molecule has 7 heteroatoms. The summed E-state index contributed by atoms with van der Waals surface area (Å²) >= 11 is 6.45. The van der Waals surface area contributed by atoms with Gasteiger partial charge in [0.25, 0.3) is 5.91 Å². The molecule has 0 aliphatic rings. The fraction of sp³-hybridized carbons (Fsp3) is 0.417. The highest BCUT2D eigenvalue weighted by Gasteiger charge is 2.21. The van der Waals surface area contributed by atoms with Crippen LogP contribution >= 0.6 is 11.6 Å². The summed E-state index contributed by atoms with van der Waals surface area (Å²) in [5.74, 6) is 1.01. The topological polar surface area (TPSA) is 67.9 Å². The molecule has 0 fully saturated rings. The molecule has 6 nitrogen and oxygen atoms in total. The van der Waals surface area contributed by atoms with Gasteiger partial charge >= 0.3 is 0 Å². The molecule has 168 valence electrons. The summed E-state index contributed by atoms with van der Waals surface area (Å²) in [5, 5.41) is 3.07. The van der Waals surface area contributed by atoms with Crippen LogP contribution in [0.5, 0.6) is 11.5 Å². The zero-order chi connectivity index (χ0) is 22.8. The predicted octanol–water partition coefficient (Wildman–Crippen LogP) is 4.55. The number of carbonyl (C=O) groups excluding carboxylic acids is 2. The lowest BCUT2D eigenvalue weighted by Gasteiger charge is -2.24. The second-order valence-electron chi connectivity index (χ2n) is 7.72. The molecule has 0 heterocycles. The average Bonchev–Trinajstić information content (AvgIpc) is 2.73. The van der Waals surface area contributed by atoms with Gasteiger partial charge in [0.2, 0.25) is 5.91 Å². The molecule has 2 rings (SSSR count). The molecule has 0 aliphatic heterocycles. The van der Waals surface area contributed by atoms with Crippen molar-refractivity contribution in [3.63, 3.8) is 0 Å².